The van der Waals surface area contributed by atoms with E-state index in [1.165, 1.54) is 24.8 Å². The maximum atomic E-state index is 12.0. The van der Waals surface area contributed by atoms with Crippen LogP contribution < -0.4 is 10.0 Å². The third-order valence-electron chi connectivity index (χ3n) is 2.87. The van der Waals surface area contributed by atoms with Crippen LogP contribution in [-0.2, 0) is 21.4 Å². The molecule has 1 aromatic carbocycles. The molecule has 9 heteroatoms. The van der Waals surface area contributed by atoms with Gasteiger partial charge in [-0.1, -0.05) is 0 Å². The van der Waals surface area contributed by atoms with Crippen molar-refractivity contribution in [3.05, 3.63) is 36.9 Å². The van der Waals surface area contributed by atoms with Crippen LogP contribution in [0.4, 0.5) is 5.69 Å². The van der Waals surface area contributed by atoms with Gasteiger partial charge in [0.1, 0.15) is 12.7 Å². The molecule has 0 atom stereocenters. The first-order chi connectivity index (χ1) is 10.9. The molecule has 0 saturated carbocycles. The summed E-state index contributed by atoms with van der Waals surface area (Å²) < 4.78 is 28.1. The van der Waals surface area contributed by atoms with Crippen LogP contribution >= 0.6 is 0 Å². The Balaban J connectivity index is 1.93. The number of nitrogens with one attached hydrogen (secondary N) is 2. The van der Waals surface area contributed by atoms with Crippen LogP contribution in [0.25, 0.3) is 0 Å². The number of amides is 1. The van der Waals surface area contributed by atoms with E-state index in [1.807, 2.05) is 0 Å². The molecule has 1 amide bonds. The molecule has 0 unspecified atom stereocenters. The summed E-state index contributed by atoms with van der Waals surface area (Å²) in [5, 5.41) is 6.62. The molecule has 124 valence electrons. The summed E-state index contributed by atoms with van der Waals surface area (Å²) in [5.74, 6) is -0.184. The number of nitrogens with zero attached hydrogens (tertiary/aromatic N) is 3. The summed E-state index contributed by atoms with van der Waals surface area (Å²) >= 11 is 0. The molecule has 2 aromatic rings. The van der Waals surface area contributed by atoms with Gasteiger partial charge in [0, 0.05) is 18.2 Å². The molecule has 0 aliphatic rings. The highest BCUT2D eigenvalue weighted by atomic mass is 32.2. The number of carbonyl (C=O) groups is 1. The fourth-order valence-corrected chi connectivity index (χ4v) is 3.13. The van der Waals surface area contributed by atoms with Crippen LogP contribution in [-0.4, -0.2) is 35.1 Å². The number of aryl methyl sites for hydroxylation is 1. The lowest BCUT2D eigenvalue weighted by atomic mass is 10.3. The molecule has 0 radical (unpaired) electrons. The minimum Gasteiger partial charge on any atom is -0.326 e. The average molecular weight is 337 g/mol. The predicted molar refractivity (Wildman–Crippen MR) is 85.2 cm³/mol. The minimum absolute atomic E-state index is 0.159. The molecule has 2 rings (SSSR count). The van der Waals surface area contributed by atoms with Crippen molar-refractivity contribution in [1.29, 1.82) is 0 Å². The molecule has 0 aliphatic carbocycles. The van der Waals surface area contributed by atoms with Gasteiger partial charge in [0.05, 0.1) is 11.4 Å². The van der Waals surface area contributed by atoms with Gasteiger partial charge in [0.25, 0.3) is 0 Å². The number of benzene rings is 1. The SMILES string of the molecule is CC(C)NS(=O)(=O)c1ccc(NC(=O)CCn2cncn2)cc1. The topological polar surface area (TPSA) is 106 Å². The first kappa shape index (κ1) is 17.1. The maximum absolute atomic E-state index is 12.0. The van der Waals surface area contributed by atoms with Crippen molar-refractivity contribution in [3.8, 4) is 0 Å². The molecule has 1 heterocycles. The van der Waals surface area contributed by atoms with E-state index < -0.39 is 10.0 Å². The number of hydrogen-bond donors (Lipinski definition) is 2. The molecular formula is C14H19N5O3S. The van der Waals surface area contributed by atoms with Gasteiger partial charge in [-0.05, 0) is 38.1 Å². The molecule has 0 fully saturated rings. The molecular weight excluding hydrogens is 318 g/mol. The lowest BCUT2D eigenvalue weighted by Crippen LogP contribution is -2.30. The lowest BCUT2D eigenvalue weighted by molar-refractivity contribution is -0.116. The van der Waals surface area contributed by atoms with Crippen molar-refractivity contribution >= 4 is 21.6 Å². The Kier molecular flexibility index (Phi) is 5.45. The third kappa shape index (κ3) is 5.15. The number of rotatable bonds is 7. The summed E-state index contributed by atoms with van der Waals surface area (Å²) in [5.41, 5.74) is 0.539. The van der Waals surface area contributed by atoms with Crippen molar-refractivity contribution in [2.45, 2.75) is 37.8 Å². The summed E-state index contributed by atoms with van der Waals surface area (Å²) in [6, 6.07) is 5.84. The van der Waals surface area contributed by atoms with E-state index in [9.17, 15) is 13.2 Å². The van der Waals surface area contributed by atoms with E-state index in [0.29, 0.717) is 12.2 Å². The van der Waals surface area contributed by atoms with Gasteiger partial charge in [0.2, 0.25) is 15.9 Å². The first-order valence-corrected chi connectivity index (χ1v) is 8.60. The van der Waals surface area contributed by atoms with Crippen LogP contribution in [0.1, 0.15) is 20.3 Å². The Morgan fingerprint density at radius 2 is 1.96 bits per heavy atom. The Bertz CT molecular complexity index is 739. The van der Waals surface area contributed by atoms with Gasteiger partial charge >= 0.3 is 0 Å². The van der Waals surface area contributed by atoms with Crippen molar-refractivity contribution in [2.75, 3.05) is 5.32 Å². The van der Waals surface area contributed by atoms with E-state index in [2.05, 4.69) is 20.1 Å². The average Bonchev–Trinajstić information content (AvgIpc) is 2.97. The number of hydrogen-bond acceptors (Lipinski definition) is 5. The zero-order valence-corrected chi connectivity index (χ0v) is 13.7. The lowest BCUT2D eigenvalue weighted by Gasteiger charge is -2.10. The zero-order valence-electron chi connectivity index (χ0n) is 12.9. The highest BCUT2D eigenvalue weighted by molar-refractivity contribution is 7.89. The molecule has 0 bridgehead atoms. The molecule has 8 nitrogen and oxygen atoms in total. The normalized spacial score (nSPS) is 11.6. The molecule has 1 aromatic heterocycles. The fourth-order valence-electron chi connectivity index (χ4n) is 1.88. The van der Waals surface area contributed by atoms with E-state index in [0.717, 1.165) is 0 Å². The van der Waals surface area contributed by atoms with Gasteiger partial charge < -0.3 is 5.32 Å². The fraction of sp³-hybridized carbons (Fsp3) is 0.357. The van der Waals surface area contributed by atoms with Gasteiger partial charge in [-0.15, -0.1) is 0 Å². The van der Waals surface area contributed by atoms with Crippen molar-refractivity contribution in [3.63, 3.8) is 0 Å². The van der Waals surface area contributed by atoms with Crippen LogP contribution in [0.5, 0.6) is 0 Å². The van der Waals surface area contributed by atoms with Crippen molar-refractivity contribution < 1.29 is 13.2 Å². The number of aromatic nitrogens is 3. The molecule has 23 heavy (non-hydrogen) atoms. The summed E-state index contributed by atoms with van der Waals surface area (Å²) in [4.78, 5) is 15.8. The van der Waals surface area contributed by atoms with E-state index >= 15 is 0 Å². The summed E-state index contributed by atoms with van der Waals surface area (Å²) in [7, 11) is -3.53. The van der Waals surface area contributed by atoms with Crippen LogP contribution in [0, 0.1) is 0 Å². The maximum Gasteiger partial charge on any atom is 0.240 e. The highest BCUT2D eigenvalue weighted by Crippen LogP contribution is 2.14. The Morgan fingerprint density at radius 1 is 1.26 bits per heavy atom. The second kappa shape index (κ2) is 7.34. The van der Waals surface area contributed by atoms with E-state index in [1.54, 1.807) is 30.7 Å². The monoisotopic (exact) mass is 337 g/mol. The second-order valence-corrected chi connectivity index (χ2v) is 6.97. The van der Waals surface area contributed by atoms with Crippen molar-refractivity contribution in [1.82, 2.24) is 19.5 Å². The minimum atomic E-state index is -3.53. The summed E-state index contributed by atoms with van der Waals surface area (Å²) in [6.07, 6.45) is 3.19. The third-order valence-corrected chi connectivity index (χ3v) is 4.55. The molecule has 0 spiro atoms. The summed E-state index contributed by atoms with van der Waals surface area (Å²) in [6.45, 7) is 3.93. The van der Waals surface area contributed by atoms with Gasteiger partial charge in [0.15, 0.2) is 0 Å². The predicted octanol–water partition coefficient (Wildman–Crippen LogP) is 0.994. The Morgan fingerprint density at radius 3 is 2.52 bits per heavy atom. The van der Waals surface area contributed by atoms with Gasteiger partial charge in [-0.25, -0.2) is 18.1 Å². The van der Waals surface area contributed by atoms with E-state index in [4.69, 9.17) is 0 Å². The van der Waals surface area contributed by atoms with Crippen LogP contribution in [0.3, 0.4) is 0 Å². The number of anilines is 1. The van der Waals surface area contributed by atoms with Crippen LogP contribution in [0.2, 0.25) is 0 Å². The van der Waals surface area contributed by atoms with Crippen LogP contribution in [0.15, 0.2) is 41.8 Å². The second-order valence-electron chi connectivity index (χ2n) is 5.26. The number of carbonyl (C=O) groups excluding carboxylic acids is 1. The Labute approximate surface area is 135 Å². The molecule has 0 saturated heterocycles. The number of sulfonamides is 1. The highest BCUT2D eigenvalue weighted by Gasteiger charge is 2.15. The van der Waals surface area contributed by atoms with Crippen molar-refractivity contribution in [2.24, 2.45) is 0 Å². The smallest absolute Gasteiger partial charge is 0.240 e. The molecule has 0 aliphatic heterocycles. The van der Waals surface area contributed by atoms with Gasteiger partial charge in [-0.2, -0.15) is 5.10 Å². The largest absolute Gasteiger partial charge is 0.326 e. The zero-order chi connectivity index (χ0) is 16.9. The van der Waals surface area contributed by atoms with E-state index in [-0.39, 0.29) is 23.3 Å². The first-order valence-electron chi connectivity index (χ1n) is 7.11. The quantitative estimate of drug-likeness (QED) is 0.784. The standard InChI is InChI=1S/C14H19N5O3S/c1-11(2)18-23(21,22)13-5-3-12(4-6-13)17-14(20)7-8-19-10-15-9-16-19/h3-6,9-11,18H,7-8H2,1-2H3,(H,17,20). The Hall–Kier alpha value is -2.26. The van der Waals surface area contributed by atoms with Gasteiger partial charge in [-0.3, -0.25) is 9.48 Å². The molecule has 2 N–H and O–H groups in total.